The van der Waals surface area contributed by atoms with E-state index in [9.17, 15) is 9.59 Å². The van der Waals surface area contributed by atoms with Crippen LogP contribution < -0.4 is 10.6 Å². The first-order chi connectivity index (χ1) is 8.77. The van der Waals surface area contributed by atoms with E-state index in [4.69, 9.17) is 4.74 Å². The topological polar surface area (TPSA) is 70.7 Å². The van der Waals surface area contributed by atoms with Crippen molar-refractivity contribution >= 4 is 11.8 Å². The maximum atomic E-state index is 11.8. The molecule has 0 radical (unpaired) electrons. The van der Waals surface area contributed by atoms with Crippen molar-refractivity contribution in [3.8, 4) is 0 Å². The van der Waals surface area contributed by atoms with Crippen LogP contribution in [0, 0.1) is 0 Å². The number of ether oxygens (including phenoxy) is 1. The molecule has 2 heterocycles. The van der Waals surface area contributed by atoms with Crippen LogP contribution in [0.5, 0.6) is 0 Å². The lowest BCUT2D eigenvalue weighted by atomic mass is 10.2. The Balaban J connectivity index is 1.62. The van der Waals surface area contributed by atoms with Gasteiger partial charge in [0.2, 0.25) is 11.8 Å². The van der Waals surface area contributed by atoms with E-state index in [0.29, 0.717) is 19.6 Å². The second kappa shape index (κ2) is 6.70. The summed E-state index contributed by atoms with van der Waals surface area (Å²) in [5.41, 5.74) is 0. The van der Waals surface area contributed by atoms with Gasteiger partial charge in [-0.05, 0) is 12.8 Å². The lowest BCUT2D eigenvalue weighted by Crippen LogP contribution is -2.47. The SMILES string of the molecule is O=C(NCCC(=O)N1CCNCC1)C1CCCO1. The zero-order valence-electron chi connectivity index (χ0n) is 10.6. The zero-order valence-corrected chi connectivity index (χ0v) is 10.6. The van der Waals surface area contributed by atoms with Gasteiger partial charge in [0, 0.05) is 45.8 Å². The van der Waals surface area contributed by atoms with Crippen molar-refractivity contribution in [2.45, 2.75) is 25.4 Å². The average molecular weight is 255 g/mol. The molecule has 0 spiro atoms. The van der Waals surface area contributed by atoms with Gasteiger partial charge in [0.25, 0.3) is 0 Å². The van der Waals surface area contributed by atoms with Gasteiger partial charge in [0.1, 0.15) is 6.10 Å². The van der Waals surface area contributed by atoms with E-state index in [1.807, 2.05) is 4.90 Å². The molecule has 1 unspecified atom stereocenters. The Labute approximate surface area is 107 Å². The predicted molar refractivity (Wildman–Crippen MR) is 66.1 cm³/mol. The molecule has 2 aliphatic rings. The van der Waals surface area contributed by atoms with Crippen LogP contribution in [0.3, 0.4) is 0 Å². The van der Waals surface area contributed by atoms with Crippen molar-refractivity contribution in [3.63, 3.8) is 0 Å². The van der Waals surface area contributed by atoms with Crippen molar-refractivity contribution < 1.29 is 14.3 Å². The third-order valence-corrected chi connectivity index (χ3v) is 3.33. The van der Waals surface area contributed by atoms with Crippen LogP contribution in [0.25, 0.3) is 0 Å². The molecule has 1 atom stereocenters. The molecule has 2 amide bonds. The fourth-order valence-electron chi connectivity index (χ4n) is 2.26. The number of nitrogens with zero attached hydrogens (tertiary/aromatic N) is 1. The molecular formula is C12H21N3O3. The van der Waals surface area contributed by atoms with Gasteiger partial charge in [0.15, 0.2) is 0 Å². The molecule has 0 aromatic heterocycles. The molecule has 0 bridgehead atoms. The van der Waals surface area contributed by atoms with E-state index < -0.39 is 0 Å². The Morgan fingerprint density at radius 1 is 1.33 bits per heavy atom. The molecule has 0 saturated carbocycles. The van der Waals surface area contributed by atoms with Crippen LogP contribution in [0.15, 0.2) is 0 Å². The molecule has 0 aromatic rings. The molecule has 2 saturated heterocycles. The van der Waals surface area contributed by atoms with E-state index in [1.165, 1.54) is 0 Å². The number of amides is 2. The van der Waals surface area contributed by atoms with E-state index >= 15 is 0 Å². The molecule has 2 rings (SSSR count). The molecule has 18 heavy (non-hydrogen) atoms. The highest BCUT2D eigenvalue weighted by atomic mass is 16.5. The molecule has 0 aromatic carbocycles. The number of rotatable bonds is 4. The predicted octanol–water partition coefficient (Wildman–Crippen LogP) is -0.896. The molecule has 0 aliphatic carbocycles. The summed E-state index contributed by atoms with van der Waals surface area (Å²) in [6.07, 6.45) is 1.80. The van der Waals surface area contributed by atoms with Gasteiger partial charge in [-0.2, -0.15) is 0 Å². The maximum absolute atomic E-state index is 11.8. The van der Waals surface area contributed by atoms with E-state index in [1.54, 1.807) is 0 Å². The molecule has 2 aliphatic heterocycles. The van der Waals surface area contributed by atoms with Crippen LogP contribution >= 0.6 is 0 Å². The van der Waals surface area contributed by atoms with Crippen LogP contribution in [-0.2, 0) is 14.3 Å². The van der Waals surface area contributed by atoms with Crippen molar-refractivity contribution in [2.75, 3.05) is 39.3 Å². The highest BCUT2D eigenvalue weighted by Gasteiger charge is 2.23. The first kappa shape index (κ1) is 13.3. The number of carbonyl (C=O) groups excluding carboxylic acids is 2. The Morgan fingerprint density at radius 2 is 2.11 bits per heavy atom. The molecular weight excluding hydrogens is 234 g/mol. The van der Waals surface area contributed by atoms with Crippen molar-refractivity contribution in [2.24, 2.45) is 0 Å². The highest BCUT2D eigenvalue weighted by molar-refractivity contribution is 5.82. The number of carbonyl (C=O) groups is 2. The van der Waals surface area contributed by atoms with Gasteiger partial charge in [0.05, 0.1) is 0 Å². The number of nitrogens with one attached hydrogen (secondary N) is 2. The van der Waals surface area contributed by atoms with E-state index in [-0.39, 0.29) is 17.9 Å². The lowest BCUT2D eigenvalue weighted by Gasteiger charge is -2.27. The Morgan fingerprint density at radius 3 is 2.78 bits per heavy atom. The summed E-state index contributed by atoms with van der Waals surface area (Å²) in [4.78, 5) is 25.3. The monoisotopic (exact) mass is 255 g/mol. The third kappa shape index (κ3) is 3.68. The number of piperazine rings is 1. The fourth-order valence-corrected chi connectivity index (χ4v) is 2.26. The summed E-state index contributed by atoms with van der Waals surface area (Å²) in [5, 5.41) is 5.97. The molecule has 102 valence electrons. The molecule has 2 fully saturated rings. The summed E-state index contributed by atoms with van der Waals surface area (Å²) in [5.74, 6) is 0.0322. The largest absolute Gasteiger partial charge is 0.368 e. The van der Waals surface area contributed by atoms with Gasteiger partial charge in [-0.1, -0.05) is 0 Å². The lowest BCUT2D eigenvalue weighted by molar-refractivity contribution is -0.132. The Bertz CT molecular complexity index is 297. The first-order valence-corrected chi connectivity index (χ1v) is 6.65. The van der Waals surface area contributed by atoms with Gasteiger partial charge < -0.3 is 20.3 Å². The van der Waals surface area contributed by atoms with Crippen molar-refractivity contribution in [3.05, 3.63) is 0 Å². The van der Waals surface area contributed by atoms with Gasteiger partial charge in [-0.25, -0.2) is 0 Å². The maximum Gasteiger partial charge on any atom is 0.249 e. The minimum atomic E-state index is -0.306. The molecule has 6 nitrogen and oxygen atoms in total. The second-order valence-electron chi connectivity index (χ2n) is 4.67. The van der Waals surface area contributed by atoms with Crippen LogP contribution in [-0.4, -0.2) is 62.1 Å². The van der Waals surface area contributed by atoms with Crippen LogP contribution in [0.2, 0.25) is 0 Å². The first-order valence-electron chi connectivity index (χ1n) is 6.65. The number of hydrogen-bond acceptors (Lipinski definition) is 4. The second-order valence-corrected chi connectivity index (χ2v) is 4.67. The summed E-state index contributed by atoms with van der Waals surface area (Å²) in [6, 6.07) is 0. The zero-order chi connectivity index (χ0) is 12.8. The molecule has 6 heteroatoms. The number of hydrogen-bond donors (Lipinski definition) is 2. The van der Waals surface area contributed by atoms with Crippen molar-refractivity contribution in [1.82, 2.24) is 15.5 Å². The Hall–Kier alpha value is -1.14. The summed E-state index contributed by atoms with van der Waals surface area (Å²) in [6.45, 7) is 4.30. The minimum Gasteiger partial charge on any atom is -0.368 e. The van der Waals surface area contributed by atoms with E-state index in [0.717, 1.165) is 39.0 Å². The summed E-state index contributed by atoms with van der Waals surface area (Å²) in [7, 11) is 0. The fraction of sp³-hybridized carbons (Fsp3) is 0.833. The highest BCUT2D eigenvalue weighted by Crippen LogP contribution is 2.11. The van der Waals surface area contributed by atoms with Gasteiger partial charge in [-0.3, -0.25) is 9.59 Å². The summed E-state index contributed by atoms with van der Waals surface area (Å²) >= 11 is 0. The van der Waals surface area contributed by atoms with Crippen molar-refractivity contribution in [1.29, 1.82) is 0 Å². The normalized spacial score (nSPS) is 24.0. The average Bonchev–Trinajstić information content (AvgIpc) is 2.93. The van der Waals surface area contributed by atoms with Gasteiger partial charge >= 0.3 is 0 Å². The van der Waals surface area contributed by atoms with E-state index in [2.05, 4.69) is 10.6 Å². The smallest absolute Gasteiger partial charge is 0.249 e. The quantitative estimate of drug-likeness (QED) is 0.683. The molecule has 2 N–H and O–H groups in total. The third-order valence-electron chi connectivity index (χ3n) is 3.33. The van der Waals surface area contributed by atoms with Crippen LogP contribution in [0.1, 0.15) is 19.3 Å². The van der Waals surface area contributed by atoms with Crippen LogP contribution in [0.4, 0.5) is 0 Å². The summed E-state index contributed by atoms with van der Waals surface area (Å²) < 4.78 is 5.27. The Kier molecular flexibility index (Phi) is 4.95. The van der Waals surface area contributed by atoms with Gasteiger partial charge in [-0.15, -0.1) is 0 Å². The minimum absolute atomic E-state index is 0.0828. The standard InChI is InChI=1S/C12H21N3O3/c16-11(15-7-5-13-6-8-15)3-4-14-12(17)10-2-1-9-18-10/h10,13H,1-9H2,(H,14,17).